The molecule has 94 valence electrons. The summed E-state index contributed by atoms with van der Waals surface area (Å²) in [4.78, 5) is 13.5. The van der Waals surface area contributed by atoms with Gasteiger partial charge >= 0.3 is 6.03 Å². The Morgan fingerprint density at radius 2 is 2.12 bits per heavy atom. The summed E-state index contributed by atoms with van der Waals surface area (Å²) in [5.41, 5.74) is 5.29. The van der Waals surface area contributed by atoms with E-state index in [0.29, 0.717) is 19.5 Å². The maximum Gasteiger partial charge on any atom is 0.317 e. The van der Waals surface area contributed by atoms with Gasteiger partial charge in [0.15, 0.2) is 0 Å². The predicted octanol–water partition coefficient (Wildman–Crippen LogP) is 1.53. The van der Waals surface area contributed by atoms with E-state index in [1.54, 1.807) is 4.90 Å². The molecular formula is C11H24N4O. The summed E-state index contributed by atoms with van der Waals surface area (Å²) in [6, 6.07) is 0.0608. The highest BCUT2D eigenvalue weighted by Gasteiger charge is 2.15. The molecule has 0 saturated carbocycles. The third kappa shape index (κ3) is 6.27. The van der Waals surface area contributed by atoms with Crippen LogP contribution in [0.15, 0.2) is 0 Å². The van der Waals surface area contributed by atoms with E-state index < -0.39 is 0 Å². The van der Waals surface area contributed by atoms with Crippen molar-refractivity contribution in [3.63, 3.8) is 0 Å². The van der Waals surface area contributed by atoms with Crippen LogP contribution in [0.3, 0.4) is 0 Å². The Morgan fingerprint density at radius 1 is 1.50 bits per heavy atom. The van der Waals surface area contributed by atoms with Crippen LogP contribution in [0.2, 0.25) is 0 Å². The van der Waals surface area contributed by atoms with Gasteiger partial charge in [-0.3, -0.25) is 5.41 Å². The van der Waals surface area contributed by atoms with E-state index in [0.717, 1.165) is 12.8 Å². The smallest absolute Gasteiger partial charge is 0.317 e. The van der Waals surface area contributed by atoms with Gasteiger partial charge in [-0.25, -0.2) is 4.79 Å². The van der Waals surface area contributed by atoms with Gasteiger partial charge in [0.1, 0.15) is 0 Å². The first kappa shape index (κ1) is 14.7. The number of urea groups is 1. The summed E-state index contributed by atoms with van der Waals surface area (Å²) in [6.45, 7) is 7.21. The second kappa shape index (κ2) is 7.96. The van der Waals surface area contributed by atoms with Crippen molar-refractivity contribution in [2.75, 3.05) is 13.1 Å². The number of hydrogen-bond donors (Lipinski definition) is 3. The van der Waals surface area contributed by atoms with Crippen LogP contribution in [0, 0.1) is 5.41 Å². The fourth-order valence-electron chi connectivity index (χ4n) is 1.31. The second-order valence-electron chi connectivity index (χ2n) is 4.15. The molecule has 2 amide bonds. The number of nitrogens with two attached hydrogens (primary N) is 1. The first-order valence-electron chi connectivity index (χ1n) is 5.86. The SMILES string of the molecule is CCCCNC(=O)N(CCC(=N)N)C(C)C. The molecule has 5 nitrogen and oxygen atoms in total. The number of carbonyl (C=O) groups excluding carboxylic acids is 1. The number of nitrogens with zero attached hydrogens (tertiary/aromatic N) is 1. The lowest BCUT2D eigenvalue weighted by Gasteiger charge is -2.26. The van der Waals surface area contributed by atoms with E-state index in [-0.39, 0.29) is 17.9 Å². The number of amides is 2. The van der Waals surface area contributed by atoms with E-state index in [2.05, 4.69) is 12.2 Å². The van der Waals surface area contributed by atoms with Gasteiger partial charge in [-0.1, -0.05) is 13.3 Å². The molecule has 0 aliphatic rings. The maximum atomic E-state index is 11.8. The summed E-state index contributed by atoms with van der Waals surface area (Å²) >= 11 is 0. The molecule has 5 heteroatoms. The highest BCUT2D eigenvalue weighted by molar-refractivity contribution is 5.79. The number of hydrogen-bond acceptors (Lipinski definition) is 2. The molecule has 0 radical (unpaired) electrons. The summed E-state index contributed by atoms with van der Waals surface area (Å²) in [7, 11) is 0. The molecule has 4 N–H and O–H groups in total. The Kier molecular flexibility index (Phi) is 7.33. The van der Waals surface area contributed by atoms with E-state index in [1.165, 1.54) is 0 Å². The molecule has 0 saturated heterocycles. The molecule has 16 heavy (non-hydrogen) atoms. The molecule has 0 rings (SSSR count). The van der Waals surface area contributed by atoms with Crippen molar-refractivity contribution in [1.29, 1.82) is 5.41 Å². The zero-order valence-corrected chi connectivity index (χ0v) is 10.5. The second-order valence-corrected chi connectivity index (χ2v) is 4.15. The van der Waals surface area contributed by atoms with E-state index in [4.69, 9.17) is 11.1 Å². The van der Waals surface area contributed by atoms with Crippen molar-refractivity contribution < 1.29 is 4.79 Å². The van der Waals surface area contributed by atoms with Crippen molar-refractivity contribution in [3.05, 3.63) is 0 Å². The molecular weight excluding hydrogens is 204 g/mol. The van der Waals surface area contributed by atoms with E-state index in [9.17, 15) is 4.79 Å². The standard InChI is InChI=1S/C11H24N4O/c1-4-5-7-14-11(16)15(9(2)3)8-6-10(12)13/h9H,4-8H2,1-3H3,(H3,12,13)(H,14,16). The Bertz CT molecular complexity index is 228. The molecule has 0 aromatic rings. The van der Waals surface area contributed by atoms with Gasteiger partial charge in [0.25, 0.3) is 0 Å². The molecule has 0 aliphatic carbocycles. The number of rotatable bonds is 7. The van der Waals surface area contributed by atoms with E-state index in [1.807, 2.05) is 13.8 Å². The number of unbranched alkanes of at least 4 members (excludes halogenated alkanes) is 1. The molecule has 0 unspecified atom stereocenters. The van der Waals surface area contributed by atoms with Gasteiger partial charge in [0.2, 0.25) is 0 Å². The normalized spacial score (nSPS) is 10.2. The van der Waals surface area contributed by atoms with Gasteiger partial charge in [0.05, 0.1) is 5.84 Å². The van der Waals surface area contributed by atoms with Crippen molar-refractivity contribution in [1.82, 2.24) is 10.2 Å². The van der Waals surface area contributed by atoms with Crippen LogP contribution in [-0.4, -0.2) is 35.9 Å². The number of carbonyl (C=O) groups is 1. The van der Waals surface area contributed by atoms with Gasteiger partial charge < -0.3 is 16.0 Å². The third-order valence-electron chi connectivity index (χ3n) is 2.31. The van der Waals surface area contributed by atoms with Crippen LogP contribution in [0.4, 0.5) is 4.79 Å². The van der Waals surface area contributed by atoms with Gasteiger partial charge in [-0.05, 0) is 20.3 Å². The predicted molar refractivity (Wildman–Crippen MR) is 66.7 cm³/mol. The van der Waals surface area contributed by atoms with Crippen LogP contribution in [0.5, 0.6) is 0 Å². The zero-order chi connectivity index (χ0) is 12.6. The number of nitrogens with one attached hydrogen (secondary N) is 2. The van der Waals surface area contributed by atoms with Crippen molar-refractivity contribution in [2.45, 2.75) is 46.1 Å². The minimum atomic E-state index is -0.0651. The molecule has 0 aliphatic heterocycles. The molecule has 0 fully saturated rings. The van der Waals surface area contributed by atoms with Crippen LogP contribution in [0.25, 0.3) is 0 Å². The Labute approximate surface area is 97.9 Å². The summed E-state index contributed by atoms with van der Waals surface area (Å²) < 4.78 is 0. The minimum absolute atomic E-state index is 0.0651. The highest BCUT2D eigenvalue weighted by atomic mass is 16.2. The Balaban J connectivity index is 4.08. The molecule has 0 aromatic heterocycles. The molecule has 0 atom stereocenters. The number of amidine groups is 1. The van der Waals surface area contributed by atoms with Crippen molar-refractivity contribution in [3.8, 4) is 0 Å². The summed E-state index contributed by atoms with van der Waals surface area (Å²) in [5, 5.41) is 10.0. The average Bonchev–Trinajstić information content (AvgIpc) is 2.17. The largest absolute Gasteiger partial charge is 0.388 e. The van der Waals surface area contributed by atoms with Gasteiger partial charge in [-0.15, -0.1) is 0 Å². The molecule has 0 spiro atoms. The monoisotopic (exact) mass is 228 g/mol. The molecule has 0 heterocycles. The Morgan fingerprint density at radius 3 is 2.56 bits per heavy atom. The lowest BCUT2D eigenvalue weighted by Crippen LogP contribution is -2.45. The van der Waals surface area contributed by atoms with E-state index >= 15 is 0 Å². The zero-order valence-electron chi connectivity index (χ0n) is 10.5. The fourth-order valence-corrected chi connectivity index (χ4v) is 1.31. The lowest BCUT2D eigenvalue weighted by atomic mass is 10.3. The topological polar surface area (TPSA) is 82.2 Å². The fraction of sp³-hybridized carbons (Fsp3) is 0.818. The summed E-state index contributed by atoms with van der Waals surface area (Å²) in [6.07, 6.45) is 2.49. The highest BCUT2D eigenvalue weighted by Crippen LogP contribution is 2.00. The average molecular weight is 228 g/mol. The van der Waals surface area contributed by atoms with Crippen molar-refractivity contribution in [2.24, 2.45) is 5.73 Å². The quantitative estimate of drug-likeness (QED) is 0.351. The van der Waals surface area contributed by atoms with Crippen molar-refractivity contribution >= 4 is 11.9 Å². The van der Waals surface area contributed by atoms with Crippen LogP contribution < -0.4 is 11.1 Å². The van der Waals surface area contributed by atoms with Crippen LogP contribution >= 0.6 is 0 Å². The Hall–Kier alpha value is -1.26. The van der Waals surface area contributed by atoms with Crippen LogP contribution in [0.1, 0.15) is 40.0 Å². The van der Waals surface area contributed by atoms with Gasteiger partial charge in [0, 0.05) is 25.6 Å². The minimum Gasteiger partial charge on any atom is -0.388 e. The van der Waals surface area contributed by atoms with Gasteiger partial charge in [-0.2, -0.15) is 0 Å². The first-order valence-corrected chi connectivity index (χ1v) is 5.86. The third-order valence-corrected chi connectivity index (χ3v) is 2.31. The maximum absolute atomic E-state index is 11.8. The van der Waals surface area contributed by atoms with Crippen LogP contribution in [-0.2, 0) is 0 Å². The molecule has 0 aromatic carbocycles. The first-order chi connectivity index (χ1) is 7.49. The molecule has 0 bridgehead atoms. The summed E-state index contributed by atoms with van der Waals surface area (Å²) in [5.74, 6) is 0.118. The lowest BCUT2D eigenvalue weighted by molar-refractivity contribution is 0.185.